The molecule has 4 nitrogen and oxygen atoms in total. The molecule has 1 aliphatic heterocycles. The van der Waals surface area contributed by atoms with Crippen molar-refractivity contribution in [2.24, 2.45) is 0 Å². The Labute approximate surface area is 138 Å². The second-order valence-electron chi connectivity index (χ2n) is 5.46. The first-order chi connectivity index (χ1) is 10.6. The molecule has 0 fully saturated rings. The molecule has 5 heteroatoms. The summed E-state index contributed by atoms with van der Waals surface area (Å²) in [5, 5.41) is 0. The van der Waals surface area contributed by atoms with Crippen molar-refractivity contribution in [1.29, 1.82) is 0 Å². The number of hydrogen-bond donors (Lipinski definition) is 0. The number of halogens is 1. The van der Waals surface area contributed by atoms with Crippen LogP contribution in [0, 0.1) is 0 Å². The largest absolute Gasteiger partial charge is 0.497 e. The molecule has 0 bridgehead atoms. The molecule has 2 heterocycles. The van der Waals surface area contributed by atoms with Gasteiger partial charge in [-0.25, -0.2) is 4.98 Å². The lowest BCUT2D eigenvalue weighted by atomic mass is 9.95. The molecule has 1 unspecified atom stereocenters. The van der Waals surface area contributed by atoms with Crippen LogP contribution in [-0.2, 0) is 13.0 Å². The zero-order chi connectivity index (χ0) is 15.7. The second-order valence-corrected chi connectivity index (χ2v) is 6.21. The highest BCUT2D eigenvalue weighted by molar-refractivity contribution is 9.10. The van der Waals surface area contributed by atoms with Gasteiger partial charge in [0.15, 0.2) is 0 Å². The van der Waals surface area contributed by atoms with E-state index < -0.39 is 0 Å². The molecule has 0 radical (unpaired) electrons. The average Bonchev–Trinajstić information content (AvgIpc) is 2.53. The van der Waals surface area contributed by atoms with E-state index in [1.807, 2.05) is 29.2 Å². The maximum Gasteiger partial charge on any atom is 0.254 e. The van der Waals surface area contributed by atoms with Crippen LogP contribution in [0.15, 0.2) is 41.1 Å². The number of benzene rings is 1. The number of nitrogens with zero attached hydrogens (tertiary/aromatic N) is 2. The zero-order valence-corrected chi connectivity index (χ0v) is 14.1. The third kappa shape index (κ3) is 2.73. The summed E-state index contributed by atoms with van der Waals surface area (Å²) in [6, 6.07) is 9.77. The van der Waals surface area contributed by atoms with Crippen LogP contribution in [-0.4, -0.2) is 28.9 Å². The summed E-state index contributed by atoms with van der Waals surface area (Å²) in [5.41, 5.74) is 2.84. The summed E-state index contributed by atoms with van der Waals surface area (Å²) >= 11 is 3.44. The summed E-state index contributed by atoms with van der Waals surface area (Å²) in [6.45, 7) is 2.67. The molecule has 0 spiro atoms. The fourth-order valence-corrected chi connectivity index (χ4v) is 3.27. The van der Waals surface area contributed by atoms with E-state index in [0.29, 0.717) is 6.54 Å². The fraction of sp³-hybridized carbons (Fsp3) is 0.294. The van der Waals surface area contributed by atoms with E-state index in [1.54, 1.807) is 19.4 Å². The Balaban J connectivity index is 1.86. The van der Waals surface area contributed by atoms with E-state index in [1.165, 1.54) is 0 Å². The van der Waals surface area contributed by atoms with Gasteiger partial charge in [0.25, 0.3) is 5.91 Å². The Bertz CT molecular complexity index is 700. The van der Waals surface area contributed by atoms with Crippen molar-refractivity contribution in [2.75, 3.05) is 7.11 Å². The third-order valence-corrected chi connectivity index (χ3v) is 4.72. The monoisotopic (exact) mass is 360 g/mol. The van der Waals surface area contributed by atoms with Crippen LogP contribution in [0.2, 0.25) is 0 Å². The third-order valence-electron chi connectivity index (χ3n) is 4.04. The predicted octanol–water partition coefficient (Wildman–Crippen LogP) is 3.44. The van der Waals surface area contributed by atoms with Crippen LogP contribution in [0.25, 0.3) is 0 Å². The number of fused-ring (bicyclic) bond motifs is 1. The molecule has 1 amide bonds. The zero-order valence-electron chi connectivity index (χ0n) is 12.5. The molecule has 1 aromatic heterocycles. The highest BCUT2D eigenvalue weighted by Crippen LogP contribution is 2.29. The Kier molecular flexibility index (Phi) is 4.16. The van der Waals surface area contributed by atoms with E-state index in [0.717, 1.165) is 33.5 Å². The standard InChI is InChI=1S/C17H17BrN2O2/c1-11-9-15-14(7-8-19-16(15)18)17(21)20(11)10-12-3-5-13(22-2)6-4-12/h3-8,11H,9-10H2,1-2H3. The molecule has 114 valence electrons. The van der Waals surface area contributed by atoms with Crippen molar-refractivity contribution in [3.8, 4) is 5.75 Å². The number of ether oxygens (including phenoxy) is 1. The minimum Gasteiger partial charge on any atom is -0.497 e. The van der Waals surface area contributed by atoms with Crippen molar-refractivity contribution >= 4 is 21.8 Å². The number of carbonyl (C=O) groups is 1. The van der Waals surface area contributed by atoms with Gasteiger partial charge < -0.3 is 9.64 Å². The number of rotatable bonds is 3. The van der Waals surface area contributed by atoms with Gasteiger partial charge in [-0.2, -0.15) is 0 Å². The van der Waals surface area contributed by atoms with Crippen molar-refractivity contribution in [3.63, 3.8) is 0 Å². The fourth-order valence-electron chi connectivity index (χ4n) is 2.78. The summed E-state index contributed by atoms with van der Waals surface area (Å²) in [6.07, 6.45) is 2.48. The number of hydrogen-bond acceptors (Lipinski definition) is 3. The van der Waals surface area contributed by atoms with Crippen molar-refractivity contribution in [2.45, 2.75) is 25.9 Å². The van der Waals surface area contributed by atoms with Crippen molar-refractivity contribution in [3.05, 3.63) is 57.8 Å². The van der Waals surface area contributed by atoms with Crippen LogP contribution in [0.5, 0.6) is 5.75 Å². The van der Waals surface area contributed by atoms with Crippen LogP contribution in [0.1, 0.15) is 28.4 Å². The van der Waals surface area contributed by atoms with Gasteiger partial charge in [-0.1, -0.05) is 12.1 Å². The van der Waals surface area contributed by atoms with E-state index in [9.17, 15) is 4.79 Å². The van der Waals surface area contributed by atoms with E-state index >= 15 is 0 Å². The lowest BCUT2D eigenvalue weighted by Crippen LogP contribution is -2.43. The smallest absolute Gasteiger partial charge is 0.254 e. The first-order valence-electron chi connectivity index (χ1n) is 7.17. The Morgan fingerprint density at radius 2 is 2.05 bits per heavy atom. The van der Waals surface area contributed by atoms with Gasteiger partial charge in [-0.05, 0) is 58.6 Å². The van der Waals surface area contributed by atoms with Gasteiger partial charge in [-0.15, -0.1) is 0 Å². The summed E-state index contributed by atoms with van der Waals surface area (Å²) in [4.78, 5) is 18.9. The molecule has 1 atom stereocenters. The maximum absolute atomic E-state index is 12.8. The van der Waals surface area contributed by atoms with E-state index in [-0.39, 0.29) is 11.9 Å². The predicted molar refractivity (Wildman–Crippen MR) is 88.0 cm³/mol. The molecule has 0 saturated heterocycles. The normalized spacial score (nSPS) is 17.3. The molecule has 0 saturated carbocycles. The molecular weight excluding hydrogens is 344 g/mol. The summed E-state index contributed by atoms with van der Waals surface area (Å²) in [7, 11) is 1.65. The van der Waals surface area contributed by atoms with Gasteiger partial charge in [0.05, 0.1) is 7.11 Å². The van der Waals surface area contributed by atoms with Crippen molar-refractivity contribution in [1.82, 2.24) is 9.88 Å². The Hall–Kier alpha value is -1.88. The number of methoxy groups -OCH3 is 1. The maximum atomic E-state index is 12.8. The molecule has 3 rings (SSSR count). The molecule has 0 aliphatic carbocycles. The topological polar surface area (TPSA) is 42.4 Å². The van der Waals surface area contributed by atoms with E-state index in [4.69, 9.17) is 4.74 Å². The molecule has 1 aliphatic rings. The Morgan fingerprint density at radius 3 is 2.73 bits per heavy atom. The second kappa shape index (κ2) is 6.08. The number of amides is 1. The minimum atomic E-state index is 0.0627. The quantitative estimate of drug-likeness (QED) is 0.787. The summed E-state index contributed by atoms with van der Waals surface area (Å²) < 4.78 is 5.94. The van der Waals surface area contributed by atoms with Gasteiger partial charge in [0.1, 0.15) is 10.4 Å². The van der Waals surface area contributed by atoms with Crippen LogP contribution in [0.3, 0.4) is 0 Å². The van der Waals surface area contributed by atoms with Gasteiger partial charge >= 0.3 is 0 Å². The minimum absolute atomic E-state index is 0.0627. The Morgan fingerprint density at radius 1 is 1.32 bits per heavy atom. The van der Waals surface area contributed by atoms with Crippen molar-refractivity contribution < 1.29 is 9.53 Å². The molecule has 22 heavy (non-hydrogen) atoms. The average molecular weight is 361 g/mol. The summed E-state index contributed by atoms with van der Waals surface area (Å²) in [5.74, 6) is 0.884. The molecule has 2 aromatic rings. The SMILES string of the molecule is COc1ccc(CN2C(=O)c3ccnc(Br)c3CC2C)cc1. The van der Waals surface area contributed by atoms with E-state index in [2.05, 4.69) is 27.8 Å². The van der Waals surface area contributed by atoms with Crippen LogP contribution in [0.4, 0.5) is 0 Å². The number of pyridine rings is 1. The van der Waals surface area contributed by atoms with Gasteiger partial charge in [0.2, 0.25) is 0 Å². The molecular formula is C17H17BrN2O2. The first-order valence-corrected chi connectivity index (χ1v) is 7.96. The lowest BCUT2D eigenvalue weighted by molar-refractivity contribution is 0.0648. The number of aromatic nitrogens is 1. The highest BCUT2D eigenvalue weighted by atomic mass is 79.9. The highest BCUT2D eigenvalue weighted by Gasteiger charge is 2.31. The van der Waals surface area contributed by atoms with Crippen LogP contribution < -0.4 is 4.74 Å². The molecule has 1 aromatic carbocycles. The lowest BCUT2D eigenvalue weighted by Gasteiger charge is -2.35. The van der Waals surface area contributed by atoms with Crippen LogP contribution >= 0.6 is 15.9 Å². The first kappa shape index (κ1) is 15.0. The number of carbonyl (C=O) groups excluding carboxylic acids is 1. The van der Waals surface area contributed by atoms with Gasteiger partial charge in [-0.3, -0.25) is 4.79 Å². The molecule has 0 N–H and O–H groups in total. The van der Waals surface area contributed by atoms with Gasteiger partial charge in [0, 0.05) is 24.3 Å².